The minimum absolute atomic E-state index is 0.00299. The molecule has 1 aromatic carbocycles. The first-order valence-corrected chi connectivity index (χ1v) is 7.95. The summed E-state index contributed by atoms with van der Waals surface area (Å²) in [5.41, 5.74) is 5.24. The Balaban J connectivity index is 2.36. The fourth-order valence-corrected chi connectivity index (χ4v) is 4.18. The summed E-state index contributed by atoms with van der Waals surface area (Å²) in [5, 5.41) is 19.9. The topological polar surface area (TPSA) is 127 Å². The maximum Gasteiger partial charge on any atom is 0.289 e. The van der Waals surface area contributed by atoms with Crippen molar-refractivity contribution in [2.75, 3.05) is 25.4 Å². The number of hydrogen-bond acceptors (Lipinski definition) is 6. The van der Waals surface area contributed by atoms with Crippen LogP contribution in [0, 0.1) is 16.0 Å². The molecule has 0 radical (unpaired) electrons. The standard InChI is InChI=1S/C12H17N3O5S/c13-10-1-2-11(15(17)18)12(7-10)21(19,20)14-5-3-9(8-14)4-6-16/h1-2,7,9,16H,3-6,8,13H2. The lowest BCUT2D eigenvalue weighted by Crippen LogP contribution is -2.29. The van der Waals surface area contributed by atoms with Crippen molar-refractivity contribution < 1.29 is 18.4 Å². The van der Waals surface area contributed by atoms with Gasteiger partial charge in [-0.05, 0) is 30.9 Å². The molecule has 9 heteroatoms. The van der Waals surface area contributed by atoms with Gasteiger partial charge in [0.05, 0.1) is 4.92 Å². The molecule has 1 aliphatic heterocycles. The van der Waals surface area contributed by atoms with Crippen LogP contribution in [0.1, 0.15) is 12.8 Å². The number of nitro groups is 1. The number of nitrogens with zero attached hydrogens (tertiary/aromatic N) is 2. The molecule has 3 N–H and O–H groups in total. The highest BCUT2D eigenvalue weighted by molar-refractivity contribution is 7.89. The van der Waals surface area contributed by atoms with Crippen LogP contribution in [0.5, 0.6) is 0 Å². The normalized spacial score (nSPS) is 19.8. The molecular weight excluding hydrogens is 298 g/mol. The van der Waals surface area contributed by atoms with Gasteiger partial charge in [0.25, 0.3) is 5.69 Å². The van der Waals surface area contributed by atoms with E-state index in [1.807, 2.05) is 0 Å². The highest BCUT2D eigenvalue weighted by atomic mass is 32.2. The summed E-state index contributed by atoms with van der Waals surface area (Å²) in [7, 11) is -3.96. The van der Waals surface area contributed by atoms with Crippen LogP contribution in [-0.2, 0) is 10.0 Å². The summed E-state index contributed by atoms with van der Waals surface area (Å²) in [6, 6.07) is 3.52. The summed E-state index contributed by atoms with van der Waals surface area (Å²) < 4.78 is 26.3. The lowest BCUT2D eigenvalue weighted by atomic mass is 10.1. The van der Waals surface area contributed by atoms with E-state index in [1.165, 1.54) is 10.4 Å². The Kier molecular flexibility index (Phi) is 4.45. The minimum Gasteiger partial charge on any atom is -0.399 e. The van der Waals surface area contributed by atoms with Crippen molar-refractivity contribution in [1.82, 2.24) is 4.31 Å². The van der Waals surface area contributed by atoms with E-state index in [0.29, 0.717) is 19.4 Å². The van der Waals surface area contributed by atoms with Gasteiger partial charge in [-0.2, -0.15) is 4.31 Å². The number of nitrogen functional groups attached to an aromatic ring is 1. The van der Waals surface area contributed by atoms with Crippen LogP contribution in [0.4, 0.5) is 11.4 Å². The highest BCUT2D eigenvalue weighted by Crippen LogP contribution is 2.32. The van der Waals surface area contributed by atoms with Gasteiger partial charge in [-0.25, -0.2) is 8.42 Å². The molecule has 1 unspecified atom stereocenters. The average Bonchev–Trinajstić information content (AvgIpc) is 2.88. The van der Waals surface area contributed by atoms with Crippen molar-refractivity contribution in [2.24, 2.45) is 5.92 Å². The van der Waals surface area contributed by atoms with Gasteiger partial charge in [-0.15, -0.1) is 0 Å². The molecule has 0 saturated carbocycles. The molecule has 1 fully saturated rings. The Morgan fingerprint density at radius 3 is 2.81 bits per heavy atom. The van der Waals surface area contributed by atoms with Crippen LogP contribution in [-0.4, -0.2) is 42.4 Å². The van der Waals surface area contributed by atoms with Crippen LogP contribution in [0.3, 0.4) is 0 Å². The molecular formula is C12H17N3O5S. The molecule has 1 aromatic rings. The van der Waals surface area contributed by atoms with Gasteiger partial charge in [0.15, 0.2) is 4.90 Å². The summed E-state index contributed by atoms with van der Waals surface area (Å²) in [4.78, 5) is 9.90. The second-order valence-electron chi connectivity index (χ2n) is 5.01. The summed E-state index contributed by atoms with van der Waals surface area (Å²) in [6.45, 7) is 0.546. The third kappa shape index (κ3) is 3.14. The van der Waals surface area contributed by atoms with Gasteiger partial charge in [0.1, 0.15) is 0 Å². The van der Waals surface area contributed by atoms with E-state index in [1.54, 1.807) is 0 Å². The van der Waals surface area contributed by atoms with E-state index in [0.717, 1.165) is 12.1 Å². The van der Waals surface area contributed by atoms with Crippen molar-refractivity contribution in [3.63, 3.8) is 0 Å². The van der Waals surface area contributed by atoms with Gasteiger partial charge >= 0.3 is 0 Å². The molecule has 0 bridgehead atoms. The second kappa shape index (κ2) is 5.96. The number of aliphatic hydroxyl groups is 1. The van der Waals surface area contributed by atoms with Gasteiger partial charge in [0, 0.05) is 31.5 Å². The maximum atomic E-state index is 12.6. The minimum atomic E-state index is -3.96. The monoisotopic (exact) mass is 315 g/mol. The van der Waals surface area contributed by atoms with E-state index in [-0.39, 0.29) is 29.7 Å². The van der Waals surface area contributed by atoms with Gasteiger partial charge in [0.2, 0.25) is 10.0 Å². The third-order valence-electron chi connectivity index (χ3n) is 3.58. The Morgan fingerprint density at radius 1 is 1.48 bits per heavy atom. The van der Waals surface area contributed by atoms with Gasteiger partial charge in [-0.1, -0.05) is 0 Å². The van der Waals surface area contributed by atoms with Crippen LogP contribution in [0.2, 0.25) is 0 Å². The number of benzene rings is 1. The molecule has 0 aliphatic carbocycles. The molecule has 1 atom stereocenters. The number of anilines is 1. The molecule has 2 rings (SSSR count). The second-order valence-corrected chi connectivity index (χ2v) is 6.92. The van der Waals surface area contributed by atoms with E-state index in [9.17, 15) is 18.5 Å². The Hall–Kier alpha value is -1.71. The predicted molar refractivity (Wildman–Crippen MR) is 76.1 cm³/mol. The first kappa shape index (κ1) is 15.7. The molecule has 0 aromatic heterocycles. The number of sulfonamides is 1. The molecule has 1 heterocycles. The molecule has 8 nitrogen and oxygen atoms in total. The van der Waals surface area contributed by atoms with Crippen molar-refractivity contribution in [1.29, 1.82) is 0 Å². The predicted octanol–water partition coefficient (Wildman–Crippen LogP) is 0.570. The van der Waals surface area contributed by atoms with E-state index in [2.05, 4.69) is 0 Å². The zero-order valence-corrected chi connectivity index (χ0v) is 12.1. The molecule has 116 valence electrons. The van der Waals surface area contributed by atoms with Crippen molar-refractivity contribution in [3.05, 3.63) is 28.3 Å². The molecule has 1 saturated heterocycles. The lowest BCUT2D eigenvalue weighted by molar-refractivity contribution is -0.387. The smallest absolute Gasteiger partial charge is 0.289 e. The number of aliphatic hydroxyl groups excluding tert-OH is 1. The highest BCUT2D eigenvalue weighted by Gasteiger charge is 2.36. The van der Waals surface area contributed by atoms with Crippen LogP contribution in [0.15, 0.2) is 23.1 Å². The maximum absolute atomic E-state index is 12.6. The first-order valence-electron chi connectivity index (χ1n) is 6.51. The van der Waals surface area contributed by atoms with Crippen molar-refractivity contribution >= 4 is 21.4 Å². The van der Waals surface area contributed by atoms with Crippen LogP contribution < -0.4 is 5.73 Å². The Labute approximate surface area is 122 Å². The van der Waals surface area contributed by atoms with Crippen molar-refractivity contribution in [3.8, 4) is 0 Å². The van der Waals surface area contributed by atoms with Crippen LogP contribution >= 0.6 is 0 Å². The van der Waals surface area contributed by atoms with Gasteiger partial charge in [-0.3, -0.25) is 10.1 Å². The van der Waals surface area contributed by atoms with Crippen LogP contribution in [0.25, 0.3) is 0 Å². The quantitative estimate of drug-likeness (QED) is 0.464. The zero-order valence-electron chi connectivity index (χ0n) is 11.3. The fraction of sp³-hybridized carbons (Fsp3) is 0.500. The van der Waals surface area contributed by atoms with Gasteiger partial charge < -0.3 is 10.8 Å². The summed E-state index contributed by atoms with van der Waals surface area (Å²) in [6.07, 6.45) is 1.15. The largest absolute Gasteiger partial charge is 0.399 e. The van der Waals surface area contributed by atoms with E-state index in [4.69, 9.17) is 10.8 Å². The van der Waals surface area contributed by atoms with Crippen molar-refractivity contribution in [2.45, 2.75) is 17.7 Å². The molecule has 0 spiro atoms. The number of nitrogens with two attached hydrogens (primary N) is 1. The number of hydrogen-bond donors (Lipinski definition) is 2. The number of rotatable bonds is 5. The van der Waals surface area contributed by atoms with E-state index >= 15 is 0 Å². The Morgan fingerprint density at radius 2 is 2.19 bits per heavy atom. The average molecular weight is 315 g/mol. The molecule has 1 aliphatic rings. The molecule has 0 amide bonds. The number of nitro benzene ring substituents is 1. The Bertz CT molecular complexity index is 646. The third-order valence-corrected chi connectivity index (χ3v) is 5.48. The summed E-state index contributed by atoms with van der Waals surface area (Å²) >= 11 is 0. The first-order chi connectivity index (χ1) is 9.86. The van der Waals surface area contributed by atoms with E-state index < -0.39 is 20.6 Å². The zero-order chi connectivity index (χ0) is 15.6. The summed E-state index contributed by atoms with van der Waals surface area (Å²) in [5.74, 6) is 0.0740. The fourth-order valence-electron chi connectivity index (χ4n) is 2.46. The SMILES string of the molecule is Nc1ccc([N+](=O)[O-])c(S(=O)(=O)N2CCC(CCO)C2)c1. The molecule has 21 heavy (non-hydrogen) atoms. The lowest BCUT2D eigenvalue weighted by Gasteiger charge is -2.16.